The Morgan fingerprint density at radius 3 is 2.63 bits per heavy atom. The third-order valence-electron chi connectivity index (χ3n) is 4.65. The molecule has 1 aromatic heterocycles. The van der Waals surface area contributed by atoms with Crippen molar-refractivity contribution in [1.82, 2.24) is 0 Å². The minimum Gasteiger partial charge on any atom is -0.496 e. The Morgan fingerprint density at radius 2 is 1.85 bits per heavy atom. The molecule has 0 bridgehead atoms. The Balaban J connectivity index is 1.98. The predicted molar refractivity (Wildman–Crippen MR) is 98.4 cm³/mol. The topological polar surface area (TPSA) is 75.0 Å². The van der Waals surface area contributed by atoms with Crippen molar-refractivity contribution >= 4 is 16.9 Å². The van der Waals surface area contributed by atoms with Crippen LogP contribution in [-0.2, 0) is 9.53 Å². The van der Waals surface area contributed by atoms with Crippen molar-refractivity contribution in [3.05, 3.63) is 70.1 Å². The Bertz CT molecular complexity index is 1070. The molecule has 0 N–H and O–H groups in total. The van der Waals surface area contributed by atoms with Gasteiger partial charge in [0.05, 0.1) is 30.6 Å². The van der Waals surface area contributed by atoms with Gasteiger partial charge in [-0.15, -0.1) is 0 Å². The van der Waals surface area contributed by atoms with Gasteiger partial charge in [-0.25, -0.2) is 9.59 Å². The lowest BCUT2D eigenvalue weighted by Gasteiger charge is -2.19. The zero-order valence-electron chi connectivity index (χ0n) is 14.9. The van der Waals surface area contributed by atoms with Gasteiger partial charge in [-0.05, 0) is 25.1 Å². The number of carbonyl (C=O) groups excluding carboxylic acids is 1. The zero-order chi connectivity index (χ0) is 19.0. The van der Waals surface area contributed by atoms with Crippen molar-refractivity contribution in [3.8, 4) is 11.5 Å². The van der Waals surface area contributed by atoms with E-state index in [9.17, 15) is 9.59 Å². The van der Waals surface area contributed by atoms with Gasteiger partial charge >= 0.3 is 11.6 Å². The van der Waals surface area contributed by atoms with E-state index in [-0.39, 0.29) is 6.61 Å². The molecule has 0 saturated carbocycles. The van der Waals surface area contributed by atoms with Crippen molar-refractivity contribution in [1.29, 1.82) is 0 Å². The highest BCUT2D eigenvalue weighted by molar-refractivity contribution is 5.88. The summed E-state index contributed by atoms with van der Waals surface area (Å²) in [6.45, 7) is 1.94. The van der Waals surface area contributed by atoms with Crippen LogP contribution in [0, 0.1) is 0 Å². The van der Waals surface area contributed by atoms with E-state index in [1.54, 1.807) is 31.2 Å². The molecule has 2 heterocycles. The van der Waals surface area contributed by atoms with E-state index in [0.717, 1.165) is 0 Å². The zero-order valence-corrected chi connectivity index (χ0v) is 14.9. The van der Waals surface area contributed by atoms with Crippen LogP contribution < -0.4 is 15.1 Å². The third kappa shape index (κ3) is 2.73. The normalized spacial score (nSPS) is 18.0. The molecule has 0 amide bonds. The summed E-state index contributed by atoms with van der Waals surface area (Å²) in [7, 11) is 1.54. The number of methoxy groups -OCH3 is 1. The first-order chi connectivity index (χ1) is 13.2. The first-order valence-corrected chi connectivity index (χ1v) is 8.67. The minimum atomic E-state index is -0.995. The van der Waals surface area contributed by atoms with E-state index in [2.05, 4.69) is 0 Å². The van der Waals surface area contributed by atoms with E-state index < -0.39 is 23.6 Å². The van der Waals surface area contributed by atoms with Crippen molar-refractivity contribution < 1.29 is 23.4 Å². The van der Waals surface area contributed by atoms with Gasteiger partial charge in [0.25, 0.3) is 0 Å². The largest absolute Gasteiger partial charge is 0.496 e. The summed E-state index contributed by atoms with van der Waals surface area (Å²) < 4.78 is 22.1. The highest BCUT2D eigenvalue weighted by Crippen LogP contribution is 2.46. The number of fused-ring (bicyclic) bond motifs is 3. The molecule has 138 valence electrons. The van der Waals surface area contributed by atoms with E-state index in [0.29, 0.717) is 33.6 Å². The summed E-state index contributed by atoms with van der Waals surface area (Å²) in [5.41, 5.74) is 0.839. The molecular weight excluding hydrogens is 348 g/mol. The fraction of sp³-hybridized carbons (Fsp3) is 0.238. The van der Waals surface area contributed by atoms with Gasteiger partial charge in [-0.3, -0.25) is 0 Å². The molecule has 0 radical (unpaired) electrons. The SMILES string of the molecule is CCOC(=O)[C@H]1Oc2c(c(=O)oc3ccccc23)[C@@H]1c1ccccc1OC. The van der Waals surface area contributed by atoms with E-state index in [4.69, 9.17) is 18.6 Å². The molecule has 4 rings (SSSR count). The number of ether oxygens (including phenoxy) is 3. The molecule has 6 heteroatoms. The van der Waals surface area contributed by atoms with Crippen LogP contribution in [0.3, 0.4) is 0 Å². The van der Waals surface area contributed by atoms with E-state index >= 15 is 0 Å². The second-order valence-electron chi connectivity index (χ2n) is 6.14. The van der Waals surface area contributed by atoms with Gasteiger partial charge in [0.1, 0.15) is 17.1 Å². The fourth-order valence-electron chi connectivity index (χ4n) is 3.53. The van der Waals surface area contributed by atoms with Gasteiger partial charge in [0, 0.05) is 5.56 Å². The number of carbonyl (C=O) groups is 1. The molecule has 0 unspecified atom stereocenters. The van der Waals surface area contributed by atoms with Gasteiger partial charge in [-0.1, -0.05) is 30.3 Å². The van der Waals surface area contributed by atoms with Crippen LogP contribution in [0.1, 0.15) is 24.0 Å². The lowest BCUT2D eigenvalue weighted by Crippen LogP contribution is -2.32. The molecule has 1 aliphatic rings. The Kier molecular flexibility index (Phi) is 4.32. The minimum absolute atomic E-state index is 0.211. The van der Waals surface area contributed by atoms with Crippen molar-refractivity contribution in [2.45, 2.75) is 18.9 Å². The number of rotatable bonds is 4. The number of esters is 1. The fourth-order valence-corrected chi connectivity index (χ4v) is 3.53. The molecule has 6 nitrogen and oxygen atoms in total. The smallest absolute Gasteiger partial charge is 0.348 e. The molecule has 0 spiro atoms. The van der Waals surface area contributed by atoms with Gasteiger partial charge in [0.15, 0.2) is 0 Å². The van der Waals surface area contributed by atoms with Gasteiger partial charge < -0.3 is 18.6 Å². The number of para-hydroxylation sites is 2. The molecule has 0 fully saturated rings. The molecule has 2 atom stereocenters. The molecule has 3 aromatic rings. The summed E-state index contributed by atoms with van der Waals surface area (Å²) in [6.07, 6.45) is -0.995. The van der Waals surface area contributed by atoms with Gasteiger partial charge in [0.2, 0.25) is 6.10 Å². The highest BCUT2D eigenvalue weighted by Gasteiger charge is 2.46. The maximum atomic E-state index is 12.8. The van der Waals surface area contributed by atoms with Crippen LogP contribution in [-0.4, -0.2) is 25.8 Å². The van der Waals surface area contributed by atoms with E-state index in [1.807, 2.05) is 24.3 Å². The number of benzene rings is 2. The average Bonchev–Trinajstić information content (AvgIpc) is 3.09. The van der Waals surface area contributed by atoms with Crippen LogP contribution in [0.15, 0.2) is 57.7 Å². The summed E-state index contributed by atoms with van der Waals surface area (Å²) in [4.78, 5) is 25.4. The van der Waals surface area contributed by atoms with Crippen molar-refractivity contribution in [3.63, 3.8) is 0 Å². The summed E-state index contributed by atoms with van der Waals surface area (Å²) in [5, 5.41) is 0.638. The maximum Gasteiger partial charge on any atom is 0.348 e. The van der Waals surface area contributed by atoms with E-state index in [1.165, 1.54) is 7.11 Å². The van der Waals surface area contributed by atoms with Crippen LogP contribution in [0.2, 0.25) is 0 Å². The lowest BCUT2D eigenvalue weighted by atomic mass is 9.88. The molecule has 0 saturated heterocycles. The van der Waals surface area contributed by atoms with Crippen LogP contribution >= 0.6 is 0 Å². The molecule has 0 aliphatic carbocycles. The quantitative estimate of drug-likeness (QED) is 0.521. The molecular formula is C21H18O6. The summed E-state index contributed by atoms with van der Waals surface area (Å²) >= 11 is 0. The Hall–Kier alpha value is -3.28. The average molecular weight is 366 g/mol. The van der Waals surface area contributed by atoms with Crippen molar-refractivity contribution in [2.75, 3.05) is 13.7 Å². The summed E-state index contributed by atoms with van der Waals surface area (Å²) in [5.74, 6) is -0.305. The second kappa shape index (κ2) is 6.79. The maximum absolute atomic E-state index is 12.8. The standard InChI is InChI=1S/C21H18O6/c1-3-25-21(23)19-16(12-8-4-6-10-14(12)24-2)17-18(27-19)13-9-5-7-11-15(13)26-20(17)22/h4-11,16,19H,3H2,1-2H3/t16-,19-/m0/s1. The van der Waals surface area contributed by atoms with Crippen LogP contribution in [0.25, 0.3) is 11.0 Å². The molecule has 2 aromatic carbocycles. The lowest BCUT2D eigenvalue weighted by molar-refractivity contribution is -0.151. The number of hydrogen-bond acceptors (Lipinski definition) is 6. The molecule has 1 aliphatic heterocycles. The van der Waals surface area contributed by atoms with Crippen LogP contribution in [0.5, 0.6) is 11.5 Å². The molecule has 27 heavy (non-hydrogen) atoms. The third-order valence-corrected chi connectivity index (χ3v) is 4.65. The first-order valence-electron chi connectivity index (χ1n) is 8.67. The summed E-state index contributed by atoms with van der Waals surface area (Å²) in [6, 6.07) is 14.3. The van der Waals surface area contributed by atoms with Crippen LogP contribution in [0.4, 0.5) is 0 Å². The number of hydrogen-bond donors (Lipinski definition) is 0. The van der Waals surface area contributed by atoms with Gasteiger partial charge in [-0.2, -0.15) is 0 Å². The highest BCUT2D eigenvalue weighted by atomic mass is 16.6. The Morgan fingerprint density at radius 1 is 1.11 bits per heavy atom. The second-order valence-corrected chi connectivity index (χ2v) is 6.14. The monoisotopic (exact) mass is 366 g/mol. The Labute approximate surface area is 155 Å². The first kappa shape index (κ1) is 17.1. The van der Waals surface area contributed by atoms with Crippen molar-refractivity contribution in [2.24, 2.45) is 0 Å². The predicted octanol–water partition coefficient (Wildman–Crippen LogP) is 3.26.